The van der Waals surface area contributed by atoms with E-state index < -0.39 is 0 Å². The topological polar surface area (TPSA) is 80.6 Å². The molecule has 0 bridgehead atoms. The van der Waals surface area contributed by atoms with Crippen LogP contribution >= 0.6 is 11.6 Å². The van der Waals surface area contributed by atoms with E-state index in [1.807, 2.05) is 30.3 Å². The Morgan fingerprint density at radius 2 is 1.56 bits per heavy atom. The molecule has 3 aromatic rings. The Morgan fingerprint density at radius 1 is 0.906 bits per heavy atom. The van der Waals surface area contributed by atoms with E-state index in [1.165, 1.54) is 0 Å². The summed E-state index contributed by atoms with van der Waals surface area (Å²) in [6.45, 7) is 2.51. The number of carbonyl (C=O) groups excluding carboxylic acids is 2. The molecule has 1 fully saturated rings. The third-order valence-corrected chi connectivity index (χ3v) is 6.26. The molecule has 0 aliphatic carbocycles. The third kappa shape index (κ3) is 3.87. The first kappa shape index (κ1) is 20.7. The van der Waals surface area contributed by atoms with E-state index in [1.54, 1.807) is 38.7 Å². The van der Waals surface area contributed by atoms with Gasteiger partial charge in [-0.05, 0) is 17.7 Å². The summed E-state index contributed by atoms with van der Waals surface area (Å²) >= 11 is 6.16. The van der Waals surface area contributed by atoms with E-state index in [-0.39, 0.29) is 24.5 Å². The summed E-state index contributed by atoms with van der Waals surface area (Å²) in [7, 11) is 0. The molecule has 0 N–H and O–H groups in total. The monoisotopic (exact) mass is 451 g/mol. The van der Waals surface area contributed by atoms with Gasteiger partial charge in [0.05, 0.1) is 29.4 Å². The van der Waals surface area contributed by atoms with Crippen molar-refractivity contribution in [1.29, 1.82) is 0 Å². The molecule has 1 saturated heterocycles. The first-order chi connectivity index (χ1) is 15.6. The maximum atomic E-state index is 13.1. The number of hydrogen-bond acceptors (Lipinski definition) is 5. The molecule has 5 rings (SSSR count). The van der Waals surface area contributed by atoms with Gasteiger partial charge in [-0.15, -0.1) is 5.10 Å². The van der Waals surface area contributed by atoms with Gasteiger partial charge in [-0.1, -0.05) is 59.3 Å². The van der Waals surface area contributed by atoms with Crippen molar-refractivity contribution in [2.24, 2.45) is 0 Å². The Hall–Kier alpha value is -3.23. The van der Waals surface area contributed by atoms with Gasteiger partial charge in [-0.3, -0.25) is 9.59 Å². The minimum absolute atomic E-state index is 0.118. The zero-order valence-corrected chi connectivity index (χ0v) is 18.1. The minimum atomic E-state index is -0.183. The van der Waals surface area contributed by atoms with Crippen LogP contribution in [0.3, 0.4) is 0 Å². The summed E-state index contributed by atoms with van der Waals surface area (Å²) in [5.74, 6) is -0.304. The molecule has 2 aliphatic heterocycles. The molecule has 1 aromatic heterocycles. The molecule has 2 aliphatic rings. The number of ether oxygens (including phenoxy) is 1. The first-order valence-corrected chi connectivity index (χ1v) is 10.9. The van der Waals surface area contributed by atoms with Crippen LogP contribution in [0.15, 0.2) is 54.6 Å². The number of aromatic nitrogens is 3. The molecule has 3 heterocycles. The van der Waals surface area contributed by atoms with Crippen LogP contribution in [0.1, 0.15) is 38.2 Å². The van der Waals surface area contributed by atoms with Crippen molar-refractivity contribution < 1.29 is 14.3 Å². The van der Waals surface area contributed by atoms with Crippen LogP contribution in [0, 0.1) is 0 Å². The van der Waals surface area contributed by atoms with Crippen LogP contribution in [0.5, 0.6) is 0 Å². The van der Waals surface area contributed by atoms with Gasteiger partial charge in [0.2, 0.25) is 0 Å². The Balaban J connectivity index is 1.24. The highest BCUT2D eigenvalue weighted by atomic mass is 35.5. The summed E-state index contributed by atoms with van der Waals surface area (Å²) in [6.07, 6.45) is -0.118. The van der Waals surface area contributed by atoms with E-state index in [0.717, 1.165) is 5.56 Å². The number of halogens is 1. The number of rotatable bonds is 3. The number of carbonyl (C=O) groups is 2. The van der Waals surface area contributed by atoms with Crippen LogP contribution in [-0.2, 0) is 17.9 Å². The SMILES string of the molecule is O=C(c1ccccc1Cl)N1CCN(C(=O)c2nnn3c2CO[C@H](c2ccccc2)C3)CC1. The quantitative estimate of drug-likeness (QED) is 0.611. The van der Waals surface area contributed by atoms with Crippen LogP contribution in [-0.4, -0.2) is 62.8 Å². The predicted octanol–water partition coefficient (Wildman–Crippen LogP) is 2.80. The normalized spacial score (nSPS) is 18.3. The summed E-state index contributed by atoms with van der Waals surface area (Å²) < 4.78 is 7.75. The lowest BCUT2D eigenvalue weighted by molar-refractivity contribution is -0.00202. The molecule has 1 atom stereocenters. The predicted molar refractivity (Wildman–Crippen MR) is 117 cm³/mol. The molecule has 8 nitrogen and oxygen atoms in total. The van der Waals surface area contributed by atoms with E-state index in [0.29, 0.717) is 54.7 Å². The molecule has 9 heteroatoms. The molecule has 0 unspecified atom stereocenters. The fraction of sp³-hybridized carbons (Fsp3) is 0.304. The van der Waals surface area contributed by atoms with Crippen molar-refractivity contribution >= 4 is 23.4 Å². The summed E-state index contributed by atoms with van der Waals surface area (Å²) in [5, 5.41) is 8.79. The molecule has 164 valence electrons. The van der Waals surface area contributed by atoms with Gasteiger partial charge in [0.25, 0.3) is 11.8 Å². The molecule has 0 saturated carbocycles. The van der Waals surface area contributed by atoms with Crippen LogP contribution in [0.4, 0.5) is 0 Å². The van der Waals surface area contributed by atoms with Crippen molar-refractivity contribution in [3.63, 3.8) is 0 Å². The van der Waals surface area contributed by atoms with Gasteiger partial charge < -0.3 is 14.5 Å². The van der Waals surface area contributed by atoms with Crippen LogP contribution < -0.4 is 0 Å². The van der Waals surface area contributed by atoms with E-state index in [4.69, 9.17) is 16.3 Å². The second kappa shape index (κ2) is 8.72. The maximum absolute atomic E-state index is 13.1. The highest BCUT2D eigenvalue weighted by molar-refractivity contribution is 6.33. The average Bonchev–Trinajstić information content (AvgIpc) is 3.27. The molecule has 0 radical (unpaired) electrons. The van der Waals surface area contributed by atoms with Crippen molar-refractivity contribution in [3.05, 3.63) is 82.1 Å². The Morgan fingerprint density at radius 3 is 2.28 bits per heavy atom. The third-order valence-electron chi connectivity index (χ3n) is 5.93. The summed E-state index contributed by atoms with van der Waals surface area (Å²) in [5.41, 5.74) is 2.56. The van der Waals surface area contributed by atoms with Gasteiger partial charge in [-0.25, -0.2) is 4.68 Å². The number of fused-ring (bicyclic) bond motifs is 1. The van der Waals surface area contributed by atoms with Crippen molar-refractivity contribution in [1.82, 2.24) is 24.8 Å². The van der Waals surface area contributed by atoms with E-state index in [9.17, 15) is 9.59 Å². The first-order valence-electron chi connectivity index (χ1n) is 10.5. The maximum Gasteiger partial charge on any atom is 0.276 e. The zero-order chi connectivity index (χ0) is 22.1. The highest BCUT2D eigenvalue weighted by Gasteiger charge is 2.32. The standard InChI is InChI=1S/C23H22ClN5O3/c24-18-9-5-4-8-17(18)22(30)27-10-12-28(13-11-27)23(31)21-19-15-32-20(14-29(19)26-25-21)16-6-2-1-3-7-16/h1-9,20H,10-15H2/t20-/m0/s1. The van der Waals surface area contributed by atoms with Gasteiger partial charge in [0.15, 0.2) is 5.69 Å². The molecular formula is C23H22ClN5O3. The molecule has 2 aromatic carbocycles. The van der Waals surface area contributed by atoms with E-state index in [2.05, 4.69) is 10.3 Å². The summed E-state index contributed by atoms with van der Waals surface area (Å²) in [6, 6.07) is 16.9. The Labute approximate surface area is 190 Å². The lowest BCUT2D eigenvalue weighted by Crippen LogP contribution is -2.50. The number of hydrogen-bond donors (Lipinski definition) is 0. The van der Waals surface area contributed by atoms with Crippen LogP contribution in [0.2, 0.25) is 5.02 Å². The highest BCUT2D eigenvalue weighted by Crippen LogP contribution is 2.27. The summed E-state index contributed by atoms with van der Waals surface area (Å²) in [4.78, 5) is 29.3. The second-order valence-electron chi connectivity index (χ2n) is 7.84. The number of piperazine rings is 1. The minimum Gasteiger partial charge on any atom is -0.365 e. The van der Waals surface area contributed by atoms with E-state index >= 15 is 0 Å². The van der Waals surface area contributed by atoms with Crippen molar-refractivity contribution in [3.8, 4) is 0 Å². The smallest absolute Gasteiger partial charge is 0.276 e. The molecular weight excluding hydrogens is 430 g/mol. The van der Waals surface area contributed by atoms with Gasteiger partial charge >= 0.3 is 0 Å². The number of benzene rings is 2. The van der Waals surface area contributed by atoms with Gasteiger partial charge in [-0.2, -0.15) is 0 Å². The molecule has 0 spiro atoms. The lowest BCUT2D eigenvalue weighted by Gasteiger charge is -2.34. The van der Waals surface area contributed by atoms with Gasteiger partial charge in [0.1, 0.15) is 6.10 Å². The average molecular weight is 452 g/mol. The van der Waals surface area contributed by atoms with Crippen molar-refractivity contribution in [2.75, 3.05) is 26.2 Å². The largest absolute Gasteiger partial charge is 0.365 e. The van der Waals surface area contributed by atoms with Gasteiger partial charge in [0, 0.05) is 26.2 Å². The fourth-order valence-electron chi connectivity index (χ4n) is 4.11. The van der Waals surface area contributed by atoms with Crippen LogP contribution in [0.25, 0.3) is 0 Å². The second-order valence-corrected chi connectivity index (χ2v) is 8.25. The lowest BCUT2D eigenvalue weighted by atomic mass is 10.1. The Bertz CT molecular complexity index is 1140. The zero-order valence-electron chi connectivity index (χ0n) is 17.4. The number of nitrogens with zero attached hydrogens (tertiary/aromatic N) is 5. The fourth-order valence-corrected chi connectivity index (χ4v) is 4.33. The van der Waals surface area contributed by atoms with Crippen molar-refractivity contribution in [2.45, 2.75) is 19.3 Å². The molecule has 2 amide bonds. The molecule has 32 heavy (non-hydrogen) atoms. The Kier molecular flexibility index (Phi) is 5.63. The number of amides is 2.